The van der Waals surface area contributed by atoms with Gasteiger partial charge in [0.05, 0.1) is 11.8 Å². The van der Waals surface area contributed by atoms with Crippen molar-refractivity contribution in [3.05, 3.63) is 81.7 Å². The molecule has 2 amide bonds. The maximum absolute atomic E-state index is 13.0. The first-order valence-corrected chi connectivity index (χ1v) is 10.7. The smallest absolute Gasteiger partial charge is 0.263 e. The second-order valence-corrected chi connectivity index (χ2v) is 7.98. The molecule has 1 aromatic carbocycles. The Bertz CT molecular complexity index is 1170. The first kappa shape index (κ1) is 20.0. The number of pyridine rings is 1. The third-order valence-electron chi connectivity index (χ3n) is 5.18. The summed E-state index contributed by atoms with van der Waals surface area (Å²) in [5.41, 5.74) is 2.41. The fourth-order valence-electron chi connectivity index (χ4n) is 3.66. The van der Waals surface area contributed by atoms with Crippen LogP contribution in [0.2, 0.25) is 0 Å². The molecule has 1 aliphatic heterocycles. The van der Waals surface area contributed by atoms with Crippen LogP contribution in [-0.4, -0.2) is 34.1 Å². The minimum atomic E-state index is -0.430. The zero-order valence-corrected chi connectivity index (χ0v) is 17.5. The molecule has 7 nitrogen and oxygen atoms in total. The van der Waals surface area contributed by atoms with Gasteiger partial charge in [0.2, 0.25) is 0 Å². The van der Waals surface area contributed by atoms with Gasteiger partial charge in [-0.1, -0.05) is 6.07 Å². The van der Waals surface area contributed by atoms with Crippen LogP contribution in [0, 0.1) is 0 Å². The number of fused-ring (bicyclic) bond motifs is 1. The van der Waals surface area contributed by atoms with Crippen molar-refractivity contribution in [3.8, 4) is 0 Å². The standard InChI is InChI=1S/C22H21N3O4S/c1-24-11-15-12-25(21(27)14-7-9-29-13-14)8-6-18(15)19(22(24)28)20(26)23-16-4-3-5-17(10-16)30-2/h3-5,7,9-11,13H,6,8,12H2,1-2H3,(H,23,26). The van der Waals surface area contributed by atoms with Gasteiger partial charge < -0.3 is 19.2 Å². The molecule has 3 aromatic rings. The lowest BCUT2D eigenvalue weighted by atomic mass is 9.95. The highest BCUT2D eigenvalue weighted by molar-refractivity contribution is 7.98. The van der Waals surface area contributed by atoms with Crippen LogP contribution < -0.4 is 10.9 Å². The van der Waals surface area contributed by atoms with E-state index in [0.717, 1.165) is 10.5 Å². The topological polar surface area (TPSA) is 84.5 Å². The molecule has 0 unspecified atom stereocenters. The Morgan fingerprint density at radius 1 is 1.23 bits per heavy atom. The minimum Gasteiger partial charge on any atom is -0.472 e. The van der Waals surface area contributed by atoms with E-state index in [4.69, 9.17) is 4.42 Å². The number of aromatic nitrogens is 1. The van der Waals surface area contributed by atoms with Crippen molar-refractivity contribution in [1.82, 2.24) is 9.47 Å². The summed E-state index contributed by atoms with van der Waals surface area (Å²) in [7, 11) is 1.62. The zero-order valence-electron chi connectivity index (χ0n) is 16.7. The Hall–Kier alpha value is -3.26. The number of thioether (sulfide) groups is 1. The zero-order chi connectivity index (χ0) is 21.3. The molecule has 154 valence electrons. The number of carbonyl (C=O) groups is 2. The lowest BCUT2D eigenvalue weighted by Crippen LogP contribution is -2.39. The summed E-state index contributed by atoms with van der Waals surface area (Å²) >= 11 is 1.57. The van der Waals surface area contributed by atoms with Gasteiger partial charge in [0.1, 0.15) is 11.8 Å². The van der Waals surface area contributed by atoms with E-state index in [0.29, 0.717) is 36.3 Å². The summed E-state index contributed by atoms with van der Waals surface area (Å²) in [5.74, 6) is -0.566. The molecule has 0 saturated carbocycles. The number of benzene rings is 1. The molecule has 0 atom stereocenters. The molecular weight excluding hydrogens is 402 g/mol. The SMILES string of the molecule is CSc1cccc(NC(=O)c2c3c(cn(C)c2=O)CN(C(=O)c2ccoc2)CC3)c1. The van der Waals surface area contributed by atoms with Gasteiger partial charge in [0, 0.05) is 36.9 Å². The van der Waals surface area contributed by atoms with Gasteiger partial charge in [-0.15, -0.1) is 11.8 Å². The summed E-state index contributed by atoms with van der Waals surface area (Å²) in [5, 5.41) is 2.85. The first-order chi connectivity index (χ1) is 14.5. The molecule has 1 N–H and O–H groups in total. The second kappa shape index (κ2) is 8.23. The number of nitrogens with one attached hydrogen (secondary N) is 1. The molecule has 0 bridgehead atoms. The van der Waals surface area contributed by atoms with Crippen LogP contribution in [0.1, 0.15) is 31.8 Å². The summed E-state index contributed by atoms with van der Waals surface area (Å²) in [6.45, 7) is 0.752. The summed E-state index contributed by atoms with van der Waals surface area (Å²) in [6, 6.07) is 9.10. The Kier molecular flexibility index (Phi) is 5.50. The number of nitrogens with zero attached hydrogens (tertiary/aromatic N) is 2. The predicted octanol–water partition coefficient (Wildman–Crippen LogP) is 3.15. The predicted molar refractivity (Wildman–Crippen MR) is 115 cm³/mol. The molecular formula is C22H21N3O4S. The fourth-order valence-corrected chi connectivity index (χ4v) is 4.12. The lowest BCUT2D eigenvalue weighted by molar-refractivity contribution is 0.0733. The van der Waals surface area contributed by atoms with E-state index < -0.39 is 5.91 Å². The fraction of sp³-hybridized carbons (Fsp3) is 0.227. The molecule has 0 saturated heterocycles. The largest absolute Gasteiger partial charge is 0.472 e. The second-order valence-electron chi connectivity index (χ2n) is 7.10. The Morgan fingerprint density at radius 2 is 2.07 bits per heavy atom. The monoisotopic (exact) mass is 423 g/mol. The van der Waals surface area contributed by atoms with E-state index in [1.807, 2.05) is 24.5 Å². The van der Waals surface area contributed by atoms with E-state index in [9.17, 15) is 14.4 Å². The van der Waals surface area contributed by atoms with Crippen LogP contribution in [0.3, 0.4) is 0 Å². The molecule has 3 heterocycles. The summed E-state index contributed by atoms with van der Waals surface area (Å²) in [4.78, 5) is 41.2. The number of hydrogen-bond donors (Lipinski definition) is 1. The van der Waals surface area contributed by atoms with Crippen molar-refractivity contribution >= 4 is 29.3 Å². The highest BCUT2D eigenvalue weighted by Crippen LogP contribution is 2.24. The van der Waals surface area contributed by atoms with Crippen molar-refractivity contribution in [3.63, 3.8) is 0 Å². The lowest BCUT2D eigenvalue weighted by Gasteiger charge is -2.30. The van der Waals surface area contributed by atoms with E-state index in [2.05, 4.69) is 5.32 Å². The van der Waals surface area contributed by atoms with E-state index in [-0.39, 0.29) is 17.0 Å². The van der Waals surface area contributed by atoms with Crippen molar-refractivity contribution in [2.45, 2.75) is 17.9 Å². The van der Waals surface area contributed by atoms with Gasteiger partial charge in [-0.2, -0.15) is 0 Å². The maximum Gasteiger partial charge on any atom is 0.263 e. The van der Waals surface area contributed by atoms with E-state index in [1.54, 1.807) is 42.0 Å². The third-order valence-corrected chi connectivity index (χ3v) is 5.90. The molecule has 2 aromatic heterocycles. The van der Waals surface area contributed by atoms with E-state index in [1.165, 1.54) is 17.1 Å². The third kappa shape index (κ3) is 3.78. The molecule has 0 fully saturated rings. The maximum atomic E-state index is 13.0. The summed E-state index contributed by atoms with van der Waals surface area (Å²) < 4.78 is 6.41. The van der Waals surface area contributed by atoms with Crippen molar-refractivity contribution in [1.29, 1.82) is 0 Å². The van der Waals surface area contributed by atoms with Gasteiger partial charge in [-0.25, -0.2) is 0 Å². The van der Waals surface area contributed by atoms with Crippen molar-refractivity contribution in [2.24, 2.45) is 7.05 Å². The number of anilines is 1. The van der Waals surface area contributed by atoms with Crippen LogP contribution >= 0.6 is 11.8 Å². The van der Waals surface area contributed by atoms with Gasteiger partial charge in [0.25, 0.3) is 17.4 Å². The van der Waals surface area contributed by atoms with Crippen LogP contribution in [0.25, 0.3) is 0 Å². The van der Waals surface area contributed by atoms with Crippen molar-refractivity contribution < 1.29 is 14.0 Å². The number of aryl methyl sites for hydroxylation is 1. The molecule has 8 heteroatoms. The number of hydrogen-bond acceptors (Lipinski definition) is 5. The quantitative estimate of drug-likeness (QED) is 0.652. The normalized spacial score (nSPS) is 13.1. The van der Waals surface area contributed by atoms with E-state index >= 15 is 0 Å². The highest BCUT2D eigenvalue weighted by Gasteiger charge is 2.28. The Balaban J connectivity index is 1.64. The van der Waals surface area contributed by atoms with Crippen LogP contribution in [0.5, 0.6) is 0 Å². The molecule has 4 rings (SSSR count). The average molecular weight is 423 g/mol. The van der Waals surface area contributed by atoms with Gasteiger partial charge in [0.15, 0.2) is 0 Å². The first-order valence-electron chi connectivity index (χ1n) is 9.46. The van der Waals surface area contributed by atoms with Gasteiger partial charge in [-0.05, 0) is 48.1 Å². The summed E-state index contributed by atoms with van der Waals surface area (Å²) in [6.07, 6.45) is 6.98. The Morgan fingerprint density at radius 3 is 2.80 bits per heavy atom. The molecule has 0 aliphatic carbocycles. The molecule has 30 heavy (non-hydrogen) atoms. The highest BCUT2D eigenvalue weighted by atomic mass is 32.2. The Labute approximate surface area is 177 Å². The van der Waals surface area contributed by atoms with Gasteiger partial charge in [-0.3, -0.25) is 14.4 Å². The number of carbonyl (C=O) groups excluding carboxylic acids is 2. The minimum absolute atomic E-state index is 0.136. The van der Waals surface area contributed by atoms with Crippen LogP contribution in [0.15, 0.2) is 63.2 Å². The number of amides is 2. The number of rotatable bonds is 4. The molecule has 1 aliphatic rings. The average Bonchev–Trinajstić information content (AvgIpc) is 3.28. The van der Waals surface area contributed by atoms with Gasteiger partial charge >= 0.3 is 0 Å². The number of furan rings is 1. The van der Waals surface area contributed by atoms with Crippen molar-refractivity contribution in [2.75, 3.05) is 18.1 Å². The molecule has 0 radical (unpaired) electrons. The van der Waals surface area contributed by atoms with Crippen LogP contribution in [-0.2, 0) is 20.0 Å². The van der Waals surface area contributed by atoms with Crippen LogP contribution in [0.4, 0.5) is 5.69 Å². The molecule has 0 spiro atoms.